The number of carbonyl (C=O) groups is 2. The average molecular weight is 172 g/mol. The maximum absolute atomic E-state index is 11.1. The monoisotopic (exact) mass is 172 g/mol. The van der Waals surface area contributed by atoms with Crippen molar-refractivity contribution in [3.05, 3.63) is 0 Å². The lowest BCUT2D eigenvalue weighted by Gasteiger charge is -2.12. The first kappa shape index (κ1) is 9.15. The van der Waals surface area contributed by atoms with Crippen LogP contribution in [0.2, 0.25) is 0 Å². The predicted molar refractivity (Wildman–Crippen MR) is 41.2 cm³/mol. The minimum atomic E-state index is -0.644. The Hall–Kier alpha value is -0.940. The Morgan fingerprint density at radius 1 is 1.67 bits per heavy atom. The number of carbonyl (C=O) groups excluding carboxylic acids is 2. The van der Waals surface area contributed by atoms with E-state index in [4.69, 9.17) is 10.5 Å². The average Bonchev–Trinajstić information content (AvgIpc) is 2.25. The summed E-state index contributed by atoms with van der Waals surface area (Å²) in [5.41, 5.74) is 5.38. The largest absolute Gasteiger partial charge is 0.383 e. The highest BCUT2D eigenvalue weighted by Crippen LogP contribution is 2.09. The molecule has 0 aromatic carbocycles. The molecular formula is C7H12N2O3. The molecule has 1 fully saturated rings. The minimum Gasteiger partial charge on any atom is -0.383 e. The van der Waals surface area contributed by atoms with Crippen LogP contribution in [0.25, 0.3) is 0 Å². The van der Waals surface area contributed by atoms with Crippen LogP contribution in [-0.4, -0.2) is 43.0 Å². The highest BCUT2D eigenvalue weighted by Gasteiger charge is 2.35. The molecule has 2 N–H and O–H groups in total. The van der Waals surface area contributed by atoms with Gasteiger partial charge in [-0.25, -0.2) is 0 Å². The zero-order valence-electron chi connectivity index (χ0n) is 6.95. The third kappa shape index (κ3) is 1.62. The van der Waals surface area contributed by atoms with E-state index in [-0.39, 0.29) is 18.2 Å². The molecule has 0 aliphatic carbocycles. The SMILES string of the molecule is COCCN1C(=O)C[C@H](N)C1=O. The smallest absolute Gasteiger partial charge is 0.246 e. The van der Waals surface area contributed by atoms with Gasteiger partial charge >= 0.3 is 0 Å². The Bertz CT molecular complexity index is 205. The van der Waals surface area contributed by atoms with Crippen molar-refractivity contribution in [3.8, 4) is 0 Å². The highest BCUT2D eigenvalue weighted by atomic mass is 16.5. The fraction of sp³-hybridized carbons (Fsp3) is 0.714. The van der Waals surface area contributed by atoms with Gasteiger partial charge < -0.3 is 10.5 Å². The molecule has 1 atom stereocenters. The molecule has 68 valence electrons. The fourth-order valence-corrected chi connectivity index (χ4v) is 1.13. The first-order valence-corrected chi connectivity index (χ1v) is 3.75. The number of amides is 2. The van der Waals surface area contributed by atoms with Crippen molar-refractivity contribution in [1.82, 2.24) is 4.90 Å². The van der Waals surface area contributed by atoms with Crippen molar-refractivity contribution in [2.24, 2.45) is 5.73 Å². The second kappa shape index (κ2) is 3.64. The summed E-state index contributed by atoms with van der Waals surface area (Å²) in [7, 11) is 1.52. The molecule has 1 heterocycles. The van der Waals surface area contributed by atoms with Crippen LogP contribution in [0, 0.1) is 0 Å². The van der Waals surface area contributed by atoms with E-state index in [0.717, 1.165) is 4.90 Å². The molecule has 0 bridgehead atoms. The highest BCUT2D eigenvalue weighted by molar-refractivity contribution is 6.05. The molecule has 5 heteroatoms. The number of hydrogen-bond acceptors (Lipinski definition) is 4. The van der Waals surface area contributed by atoms with Gasteiger partial charge in [0.2, 0.25) is 11.8 Å². The summed E-state index contributed by atoms with van der Waals surface area (Å²) in [6.07, 6.45) is 0.128. The first-order valence-electron chi connectivity index (χ1n) is 3.75. The van der Waals surface area contributed by atoms with Crippen LogP contribution in [-0.2, 0) is 14.3 Å². The number of hydrogen-bond donors (Lipinski definition) is 1. The standard InChI is InChI=1S/C7H12N2O3/c1-12-3-2-9-6(10)4-5(8)7(9)11/h5H,2-4,8H2,1H3/t5-/m0/s1. The van der Waals surface area contributed by atoms with Crippen molar-refractivity contribution in [1.29, 1.82) is 0 Å². The van der Waals surface area contributed by atoms with E-state index in [1.54, 1.807) is 0 Å². The summed E-state index contributed by atoms with van der Waals surface area (Å²) < 4.78 is 4.75. The zero-order valence-corrected chi connectivity index (χ0v) is 6.95. The van der Waals surface area contributed by atoms with E-state index >= 15 is 0 Å². The molecule has 0 spiro atoms. The number of nitrogens with zero attached hydrogens (tertiary/aromatic N) is 1. The van der Waals surface area contributed by atoms with Crippen LogP contribution in [0.3, 0.4) is 0 Å². The Kier molecular flexibility index (Phi) is 2.78. The maximum atomic E-state index is 11.1. The number of likely N-dealkylation sites (tertiary alicyclic amines) is 1. The van der Waals surface area contributed by atoms with Crippen molar-refractivity contribution in [3.63, 3.8) is 0 Å². The van der Waals surface area contributed by atoms with Crippen LogP contribution in [0.5, 0.6) is 0 Å². The van der Waals surface area contributed by atoms with Gasteiger partial charge in [-0.3, -0.25) is 14.5 Å². The van der Waals surface area contributed by atoms with Gasteiger partial charge in [0.05, 0.1) is 25.6 Å². The van der Waals surface area contributed by atoms with Gasteiger partial charge in [0.15, 0.2) is 0 Å². The fourth-order valence-electron chi connectivity index (χ4n) is 1.13. The van der Waals surface area contributed by atoms with E-state index in [0.29, 0.717) is 13.2 Å². The molecule has 0 unspecified atom stereocenters. The molecule has 0 saturated carbocycles. The molecule has 5 nitrogen and oxygen atoms in total. The van der Waals surface area contributed by atoms with Gasteiger partial charge in [-0.05, 0) is 0 Å². The van der Waals surface area contributed by atoms with Crippen molar-refractivity contribution >= 4 is 11.8 Å². The van der Waals surface area contributed by atoms with Crippen LogP contribution in [0.4, 0.5) is 0 Å². The van der Waals surface area contributed by atoms with Gasteiger partial charge in [0.25, 0.3) is 0 Å². The lowest BCUT2D eigenvalue weighted by molar-refractivity contribution is -0.139. The van der Waals surface area contributed by atoms with E-state index in [1.807, 2.05) is 0 Å². The van der Waals surface area contributed by atoms with Gasteiger partial charge in [0.1, 0.15) is 0 Å². The number of rotatable bonds is 3. The summed E-state index contributed by atoms with van der Waals surface area (Å²) in [6.45, 7) is 0.673. The summed E-state index contributed by atoms with van der Waals surface area (Å²) in [6, 6.07) is -0.644. The van der Waals surface area contributed by atoms with E-state index in [9.17, 15) is 9.59 Å². The zero-order chi connectivity index (χ0) is 9.14. The summed E-state index contributed by atoms with van der Waals surface area (Å²) in [5, 5.41) is 0. The quantitative estimate of drug-likeness (QED) is 0.538. The number of nitrogens with two attached hydrogens (primary N) is 1. The lowest BCUT2D eigenvalue weighted by atomic mass is 10.3. The van der Waals surface area contributed by atoms with Gasteiger partial charge in [0, 0.05) is 7.11 Å². The minimum absolute atomic E-state index is 0.128. The van der Waals surface area contributed by atoms with Crippen LogP contribution < -0.4 is 5.73 Å². The molecule has 0 aromatic heterocycles. The molecule has 1 aliphatic rings. The van der Waals surface area contributed by atoms with Crippen molar-refractivity contribution < 1.29 is 14.3 Å². The number of ether oxygens (including phenoxy) is 1. The Balaban J connectivity index is 2.52. The number of imide groups is 1. The maximum Gasteiger partial charge on any atom is 0.246 e. The van der Waals surface area contributed by atoms with E-state index in [2.05, 4.69) is 0 Å². The molecule has 1 saturated heterocycles. The second-order valence-electron chi connectivity index (χ2n) is 2.69. The Labute approximate surface area is 70.5 Å². The summed E-state index contributed by atoms with van der Waals surface area (Å²) in [4.78, 5) is 23.4. The molecule has 0 aromatic rings. The lowest BCUT2D eigenvalue weighted by Crippen LogP contribution is -2.37. The van der Waals surface area contributed by atoms with Crippen LogP contribution in [0.15, 0.2) is 0 Å². The van der Waals surface area contributed by atoms with Crippen molar-refractivity contribution in [2.75, 3.05) is 20.3 Å². The summed E-state index contributed by atoms with van der Waals surface area (Å²) >= 11 is 0. The third-order valence-corrected chi connectivity index (χ3v) is 1.80. The Morgan fingerprint density at radius 2 is 2.33 bits per heavy atom. The normalized spacial score (nSPS) is 23.8. The van der Waals surface area contributed by atoms with Gasteiger partial charge in [-0.15, -0.1) is 0 Å². The third-order valence-electron chi connectivity index (χ3n) is 1.80. The van der Waals surface area contributed by atoms with Gasteiger partial charge in [-0.1, -0.05) is 0 Å². The van der Waals surface area contributed by atoms with Crippen LogP contribution in [0.1, 0.15) is 6.42 Å². The Morgan fingerprint density at radius 3 is 2.75 bits per heavy atom. The molecule has 1 aliphatic heterocycles. The molecule has 0 radical (unpaired) electrons. The van der Waals surface area contributed by atoms with E-state index in [1.165, 1.54) is 7.11 Å². The second-order valence-corrected chi connectivity index (χ2v) is 2.69. The van der Waals surface area contributed by atoms with E-state index < -0.39 is 6.04 Å². The topological polar surface area (TPSA) is 72.6 Å². The van der Waals surface area contributed by atoms with Crippen molar-refractivity contribution in [2.45, 2.75) is 12.5 Å². The predicted octanol–water partition coefficient (Wildman–Crippen LogP) is -1.28. The summed E-state index contributed by atoms with van der Waals surface area (Å²) in [5.74, 6) is -0.499. The molecule has 12 heavy (non-hydrogen) atoms. The molecular weight excluding hydrogens is 160 g/mol. The first-order chi connectivity index (χ1) is 5.66. The number of methoxy groups -OCH3 is 1. The molecule has 2 amide bonds. The van der Waals surface area contributed by atoms with Gasteiger partial charge in [-0.2, -0.15) is 0 Å². The molecule has 1 rings (SSSR count). The van der Waals surface area contributed by atoms with Crippen LogP contribution >= 0.6 is 0 Å².